The third-order valence-corrected chi connectivity index (χ3v) is 4.37. The molecule has 3 rings (SSSR count). The fraction of sp³-hybridized carbons (Fsp3) is 0.235. The van der Waals surface area contributed by atoms with E-state index < -0.39 is 0 Å². The van der Waals surface area contributed by atoms with Gasteiger partial charge in [-0.2, -0.15) is 0 Å². The van der Waals surface area contributed by atoms with E-state index in [0.717, 1.165) is 17.1 Å². The molecule has 0 spiro atoms. The van der Waals surface area contributed by atoms with Crippen molar-refractivity contribution in [3.05, 3.63) is 48.5 Å². The normalized spacial score (nSPS) is 10.8. The molecule has 0 amide bonds. The van der Waals surface area contributed by atoms with Gasteiger partial charge in [-0.15, -0.1) is 11.3 Å². The number of fused-ring (bicyclic) bond motifs is 1. The van der Waals surface area contributed by atoms with Crippen LogP contribution in [0.15, 0.2) is 48.5 Å². The Balaban J connectivity index is 1.96. The van der Waals surface area contributed by atoms with Crippen molar-refractivity contribution in [1.29, 1.82) is 0 Å². The lowest BCUT2D eigenvalue weighted by Crippen LogP contribution is -2.01. The predicted molar refractivity (Wildman–Crippen MR) is 88.5 cm³/mol. The number of aromatic nitrogens is 1. The van der Waals surface area contributed by atoms with Crippen molar-refractivity contribution in [3.63, 3.8) is 0 Å². The van der Waals surface area contributed by atoms with Crippen molar-refractivity contribution in [2.24, 2.45) is 0 Å². The summed E-state index contributed by atoms with van der Waals surface area (Å²) in [6.07, 6.45) is 2.39. The molecule has 2 aromatic carbocycles. The van der Waals surface area contributed by atoms with Crippen molar-refractivity contribution in [2.45, 2.75) is 19.8 Å². The monoisotopic (exact) mass is 282 g/mol. The molecule has 0 aliphatic carbocycles. The van der Waals surface area contributed by atoms with Crippen LogP contribution in [0.3, 0.4) is 0 Å². The van der Waals surface area contributed by atoms with Crippen molar-refractivity contribution >= 4 is 27.2 Å². The van der Waals surface area contributed by atoms with E-state index in [4.69, 9.17) is 4.98 Å². The van der Waals surface area contributed by atoms with Crippen LogP contribution in [0.2, 0.25) is 0 Å². The van der Waals surface area contributed by atoms with Crippen LogP contribution in [0.25, 0.3) is 20.8 Å². The Kier molecular flexibility index (Phi) is 3.97. The number of anilines is 1. The molecule has 3 heteroatoms. The van der Waals surface area contributed by atoms with Gasteiger partial charge in [0.05, 0.1) is 10.2 Å². The van der Waals surface area contributed by atoms with Gasteiger partial charge in [0.25, 0.3) is 0 Å². The number of nitrogens with one attached hydrogen (secondary N) is 1. The lowest BCUT2D eigenvalue weighted by Gasteiger charge is -2.09. The summed E-state index contributed by atoms with van der Waals surface area (Å²) in [5.41, 5.74) is 3.46. The molecule has 0 fully saturated rings. The summed E-state index contributed by atoms with van der Waals surface area (Å²) in [5.74, 6) is 0. The van der Waals surface area contributed by atoms with Crippen molar-refractivity contribution in [2.75, 3.05) is 11.9 Å². The topological polar surface area (TPSA) is 24.9 Å². The molecule has 3 aromatic rings. The van der Waals surface area contributed by atoms with Gasteiger partial charge < -0.3 is 5.32 Å². The zero-order valence-electron chi connectivity index (χ0n) is 11.6. The maximum Gasteiger partial charge on any atom is 0.126 e. The second-order valence-corrected chi connectivity index (χ2v) is 5.84. The SMILES string of the molecule is CCCCNc1ccccc1-c1nc2ccccc2s1. The Morgan fingerprint density at radius 3 is 2.70 bits per heavy atom. The predicted octanol–water partition coefficient (Wildman–Crippen LogP) is 5.18. The van der Waals surface area contributed by atoms with Gasteiger partial charge in [-0.1, -0.05) is 37.6 Å². The summed E-state index contributed by atoms with van der Waals surface area (Å²) in [7, 11) is 0. The van der Waals surface area contributed by atoms with Gasteiger partial charge in [0, 0.05) is 17.8 Å². The third kappa shape index (κ3) is 2.68. The van der Waals surface area contributed by atoms with Crippen LogP contribution in [0.5, 0.6) is 0 Å². The van der Waals surface area contributed by atoms with E-state index in [9.17, 15) is 0 Å². The first-order valence-electron chi connectivity index (χ1n) is 7.07. The number of rotatable bonds is 5. The molecule has 2 nitrogen and oxygen atoms in total. The van der Waals surface area contributed by atoms with Gasteiger partial charge in [-0.3, -0.25) is 0 Å². The van der Waals surface area contributed by atoms with E-state index in [0.29, 0.717) is 0 Å². The van der Waals surface area contributed by atoms with Crippen LogP contribution < -0.4 is 5.32 Å². The highest BCUT2D eigenvalue weighted by Gasteiger charge is 2.09. The summed E-state index contributed by atoms with van der Waals surface area (Å²) < 4.78 is 1.24. The summed E-state index contributed by atoms with van der Waals surface area (Å²) in [6.45, 7) is 3.22. The summed E-state index contributed by atoms with van der Waals surface area (Å²) in [5, 5.41) is 4.61. The van der Waals surface area contributed by atoms with Gasteiger partial charge in [0.2, 0.25) is 0 Å². The van der Waals surface area contributed by atoms with E-state index in [-0.39, 0.29) is 0 Å². The van der Waals surface area contributed by atoms with Gasteiger partial charge in [0.1, 0.15) is 5.01 Å². The number of unbranched alkanes of at least 4 members (excludes halogenated alkanes) is 1. The van der Waals surface area contributed by atoms with E-state index in [1.165, 1.54) is 28.8 Å². The standard InChI is InChI=1S/C17H18N2S/c1-2-3-12-18-14-9-5-4-8-13(14)17-19-15-10-6-7-11-16(15)20-17/h4-11,18H,2-3,12H2,1H3. The quantitative estimate of drug-likeness (QED) is 0.653. The second-order valence-electron chi connectivity index (χ2n) is 4.81. The lowest BCUT2D eigenvalue weighted by atomic mass is 10.2. The zero-order chi connectivity index (χ0) is 13.8. The molecule has 0 aliphatic rings. The minimum atomic E-state index is 1.01. The van der Waals surface area contributed by atoms with E-state index in [1.807, 2.05) is 6.07 Å². The van der Waals surface area contributed by atoms with E-state index in [1.54, 1.807) is 11.3 Å². The Morgan fingerprint density at radius 1 is 1.05 bits per heavy atom. The highest BCUT2D eigenvalue weighted by molar-refractivity contribution is 7.21. The molecular formula is C17H18N2S. The average molecular weight is 282 g/mol. The smallest absolute Gasteiger partial charge is 0.126 e. The number of benzene rings is 2. The first kappa shape index (κ1) is 13.1. The Bertz CT molecular complexity index is 670. The third-order valence-electron chi connectivity index (χ3n) is 3.30. The molecule has 0 radical (unpaired) electrons. The molecule has 0 bridgehead atoms. The van der Waals surface area contributed by atoms with Crippen LogP contribution in [0.4, 0.5) is 5.69 Å². The van der Waals surface area contributed by atoms with Crippen molar-refractivity contribution < 1.29 is 0 Å². The molecular weight excluding hydrogens is 264 g/mol. The number of nitrogens with zero attached hydrogens (tertiary/aromatic N) is 1. The molecule has 1 heterocycles. The van der Waals surface area contributed by atoms with Gasteiger partial charge >= 0.3 is 0 Å². The lowest BCUT2D eigenvalue weighted by molar-refractivity contribution is 0.834. The van der Waals surface area contributed by atoms with Crippen molar-refractivity contribution in [1.82, 2.24) is 4.98 Å². The molecule has 0 unspecified atom stereocenters. The number of hydrogen-bond acceptors (Lipinski definition) is 3. The first-order chi connectivity index (χ1) is 9.88. The minimum absolute atomic E-state index is 1.01. The molecule has 0 saturated heterocycles. The Labute approximate surface area is 123 Å². The highest BCUT2D eigenvalue weighted by Crippen LogP contribution is 2.34. The van der Waals surface area contributed by atoms with Crippen LogP contribution >= 0.6 is 11.3 Å². The Hall–Kier alpha value is -1.87. The summed E-state index contributed by atoms with van der Waals surface area (Å²) >= 11 is 1.75. The van der Waals surface area contributed by atoms with Crippen LogP contribution in [0, 0.1) is 0 Å². The second kappa shape index (κ2) is 6.06. The highest BCUT2D eigenvalue weighted by atomic mass is 32.1. The Morgan fingerprint density at radius 2 is 1.85 bits per heavy atom. The van der Waals surface area contributed by atoms with E-state index in [2.05, 4.69) is 54.7 Å². The molecule has 20 heavy (non-hydrogen) atoms. The summed E-state index contributed by atoms with van der Waals surface area (Å²) in [4.78, 5) is 4.75. The molecule has 0 saturated carbocycles. The van der Waals surface area contributed by atoms with Gasteiger partial charge in [-0.25, -0.2) is 4.98 Å². The number of para-hydroxylation sites is 2. The van der Waals surface area contributed by atoms with Crippen LogP contribution in [0.1, 0.15) is 19.8 Å². The molecule has 1 N–H and O–H groups in total. The number of thiazole rings is 1. The molecule has 0 aliphatic heterocycles. The maximum absolute atomic E-state index is 4.75. The molecule has 102 valence electrons. The molecule has 0 atom stereocenters. The summed E-state index contributed by atoms with van der Waals surface area (Å²) in [6, 6.07) is 16.7. The van der Waals surface area contributed by atoms with Gasteiger partial charge in [0.15, 0.2) is 0 Å². The fourth-order valence-electron chi connectivity index (χ4n) is 2.21. The van der Waals surface area contributed by atoms with Crippen LogP contribution in [-0.4, -0.2) is 11.5 Å². The molecule has 1 aromatic heterocycles. The fourth-order valence-corrected chi connectivity index (χ4v) is 3.22. The van der Waals surface area contributed by atoms with Gasteiger partial charge in [-0.05, 0) is 30.7 Å². The van der Waals surface area contributed by atoms with Crippen LogP contribution in [-0.2, 0) is 0 Å². The average Bonchev–Trinajstić information content (AvgIpc) is 2.92. The minimum Gasteiger partial charge on any atom is -0.384 e. The number of hydrogen-bond donors (Lipinski definition) is 1. The maximum atomic E-state index is 4.75. The van der Waals surface area contributed by atoms with Crippen molar-refractivity contribution in [3.8, 4) is 10.6 Å². The largest absolute Gasteiger partial charge is 0.384 e. The zero-order valence-corrected chi connectivity index (χ0v) is 12.4. The van der Waals surface area contributed by atoms with E-state index >= 15 is 0 Å². The first-order valence-corrected chi connectivity index (χ1v) is 7.89.